The van der Waals surface area contributed by atoms with Gasteiger partial charge in [0.1, 0.15) is 11.6 Å². The number of nitrogens with zero attached hydrogens (tertiary/aromatic N) is 1. The van der Waals surface area contributed by atoms with Crippen LogP contribution in [0.2, 0.25) is 0 Å². The van der Waals surface area contributed by atoms with Crippen LogP contribution < -0.4 is 0 Å². The molecule has 0 aliphatic carbocycles. The van der Waals surface area contributed by atoms with Crippen molar-refractivity contribution in [1.29, 1.82) is 0 Å². The molecule has 0 aromatic heterocycles. The largest absolute Gasteiger partial charge is 0.459 e. The van der Waals surface area contributed by atoms with Gasteiger partial charge in [-0.25, -0.2) is 0 Å². The maximum Gasteiger partial charge on any atom is 0.323 e. The fourth-order valence-corrected chi connectivity index (χ4v) is 1.45. The summed E-state index contributed by atoms with van der Waals surface area (Å²) in [6.45, 7) is 9.97. The van der Waals surface area contributed by atoms with E-state index < -0.39 is 5.60 Å². The Bertz CT molecular complexity index is 230. The van der Waals surface area contributed by atoms with Crippen molar-refractivity contribution in [1.82, 2.24) is 4.90 Å². The predicted octanol–water partition coefficient (Wildman–Crippen LogP) is 1.31. The highest BCUT2D eigenvalue weighted by Gasteiger charge is 2.26. The van der Waals surface area contributed by atoms with Crippen molar-refractivity contribution in [2.24, 2.45) is 0 Å². The molecule has 0 aliphatic heterocycles. The van der Waals surface area contributed by atoms with Crippen LogP contribution in [0.15, 0.2) is 0 Å². The third-order valence-electron chi connectivity index (χ3n) is 2.46. The van der Waals surface area contributed by atoms with Crippen LogP contribution in [-0.4, -0.2) is 63.0 Å². The Labute approximate surface area is 110 Å². The van der Waals surface area contributed by atoms with Crippen molar-refractivity contribution in [3.63, 3.8) is 0 Å². The van der Waals surface area contributed by atoms with E-state index >= 15 is 0 Å². The molecule has 0 aromatic rings. The highest BCUT2D eigenvalue weighted by molar-refractivity contribution is 5.75. The van der Waals surface area contributed by atoms with E-state index in [1.54, 1.807) is 14.2 Å². The third-order valence-corrected chi connectivity index (χ3v) is 2.46. The van der Waals surface area contributed by atoms with Gasteiger partial charge in [-0.3, -0.25) is 9.69 Å². The zero-order valence-corrected chi connectivity index (χ0v) is 12.5. The minimum absolute atomic E-state index is 0.213. The van der Waals surface area contributed by atoms with Crippen LogP contribution in [0, 0.1) is 0 Å². The molecule has 0 heterocycles. The fourth-order valence-electron chi connectivity index (χ4n) is 1.45. The predicted molar refractivity (Wildman–Crippen MR) is 70.6 cm³/mol. The topological polar surface area (TPSA) is 48.0 Å². The molecule has 5 heteroatoms. The Morgan fingerprint density at radius 1 is 1.11 bits per heavy atom. The van der Waals surface area contributed by atoms with Crippen molar-refractivity contribution in [3.05, 3.63) is 0 Å². The number of hydrogen-bond donors (Lipinski definition) is 0. The van der Waals surface area contributed by atoms with E-state index in [1.165, 1.54) is 0 Å². The Balaban J connectivity index is 4.41. The number of methoxy groups -OCH3 is 2. The molecule has 0 spiro atoms. The van der Waals surface area contributed by atoms with Crippen LogP contribution in [0.3, 0.4) is 0 Å². The fraction of sp³-hybridized carbons (Fsp3) is 0.923. The summed E-state index contributed by atoms with van der Waals surface area (Å²) in [5.41, 5.74) is -0.459. The lowest BCUT2D eigenvalue weighted by Crippen LogP contribution is -2.45. The van der Waals surface area contributed by atoms with Crippen molar-refractivity contribution in [2.45, 2.75) is 39.3 Å². The van der Waals surface area contributed by atoms with E-state index in [1.807, 2.05) is 32.6 Å². The first-order valence-corrected chi connectivity index (χ1v) is 6.26. The Hall–Kier alpha value is -0.650. The van der Waals surface area contributed by atoms with E-state index in [0.29, 0.717) is 26.3 Å². The lowest BCUT2D eigenvalue weighted by atomic mass is 10.2. The van der Waals surface area contributed by atoms with Gasteiger partial charge in [-0.15, -0.1) is 0 Å². The van der Waals surface area contributed by atoms with Gasteiger partial charge in [0.05, 0.1) is 13.2 Å². The lowest BCUT2D eigenvalue weighted by molar-refractivity contribution is -0.161. The molecule has 0 aromatic carbocycles. The summed E-state index contributed by atoms with van der Waals surface area (Å²) in [6, 6.07) is -0.297. The molecule has 0 rings (SSSR count). The highest BCUT2D eigenvalue weighted by Crippen LogP contribution is 2.11. The first-order chi connectivity index (χ1) is 8.31. The smallest absolute Gasteiger partial charge is 0.323 e. The van der Waals surface area contributed by atoms with E-state index in [2.05, 4.69) is 0 Å². The minimum Gasteiger partial charge on any atom is -0.459 e. The maximum absolute atomic E-state index is 12.0. The van der Waals surface area contributed by atoms with Gasteiger partial charge in [-0.1, -0.05) is 0 Å². The molecule has 0 saturated heterocycles. The zero-order chi connectivity index (χ0) is 14.2. The average molecular weight is 261 g/mol. The summed E-state index contributed by atoms with van der Waals surface area (Å²) >= 11 is 0. The maximum atomic E-state index is 12.0. The van der Waals surface area contributed by atoms with Crippen LogP contribution in [0.5, 0.6) is 0 Å². The van der Waals surface area contributed by atoms with E-state index in [4.69, 9.17) is 14.2 Å². The van der Waals surface area contributed by atoms with Crippen LogP contribution in [0.4, 0.5) is 0 Å². The molecule has 0 radical (unpaired) electrons. The zero-order valence-electron chi connectivity index (χ0n) is 12.5. The van der Waals surface area contributed by atoms with Gasteiger partial charge in [-0.2, -0.15) is 0 Å². The summed E-state index contributed by atoms with van der Waals surface area (Å²) in [6.07, 6.45) is 0. The molecule has 108 valence electrons. The molecule has 0 fully saturated rings. The normalized spacial score (nSPS) is 13.7. The first kappa shape index (κ1) is 17.4. The Morgan fingerprint density at radius 3 is 1.89 bits per heavy atom. The summed E-state index contributed by atoms with van der Waals surface area (Å²) in [7, 11) is 3.29. The molecular formula is C13H27NO4. The third kappa shape index (κ3) is 7.63. The number of esters is 1. The second-order valence-electron chi connectivity index (χ2n) is 5.23. The van der Waals surface area contributed by atoms with Gasteiger partial charge in [0.25, 0.3) is 0 Å². The monoisotopic (exact) mass is 261 g/mol. The van der Waals surface area contributed by atoms with Gasteiger partial charge in [0, 0.05) is 27.3 Å². The molecule has 0 aliphatic rings. The number of ether oxygens (including phenoxy) is 3. The number of carbonyl (C=O) groups excluding carboxylic acids is 1. The van der Waals surface area contributed by atoms with E-state index in [0.717, 1.165) is 0 Å². The van der Waals surface area contributed by atoms with Crippen LogP contribution >= 0.6 is 0 Å². The molecular weight excluding hydrogens is 234 g/mol. The van der Waals surface area contributed by atoms with Crippen LogP contribution in [0.1, 0.15) is 27.7 Å². The van der Waals surface area contributed by atoms with Crippen molar-refractivity contribution >= 4 is 5.97 Å². The molecule has 1 unspecified atom stereocenters. The minimum atomic E-state index is -0.459. The van der Waals surface area contributed by atoms with Gasteiger partial charge in [-0.05, 0) is 27.7 Å². The van der Waals surface area contributed by atoms with E-state index in [9.17, 15) is 4.79 Å². The molecule has 0 amide bonds. The Morgan fingerprint density at radius 2 is 1.56 bits per heavy atom. The van der Waals surface area contributed by atoms with Crippen LogP contribution in [0.25, 0.3) is 0 Å². The van der Waals surface area contributed by atoms with Crippen molar-refractivity contribution in [3.8, 4) is 0 Å². The van der Waals surface area contributed by atoms with Gasteiger partial charge in [0.2, 0.25) is 0 Å². The van der Waals surface area contributed by atoms with Gasteiger partial charge >= 0.3 is 5.97 Å². The molecule has 1 atom stereocenters. The lowest BCUT2D eigenvalue weighted by Gasteiger charge is -2.29. The quantitative estimate of drug-likeness (QED) is 0.617. The summed E-state index contributed by atoms with van der Waals surface area (Å²) in [5.74, 6) is -0.213. The van der Waals surface area contributed by atoms with Gasteiger partial charge < -0.3 is 14.2 Å². The second-order valence-corrected chi connectivity index (χ2v) is 5.23. The molecule has 0 N–H and O–H groups in total. The highest BCUT2D eigenvalue weighted by atomic mass is 16.6. The van der Waals surface area contributed by atoms with Crippen molar-refractivity contribution in [2.75, 3.05) is 40.5 Å². The molecule has 18 heavy (non-hydrogen) atoms. The number of carbonyl (C=O) groups is 1. The van der Waals surface area contributed by atoms with Crippen LogP contribution in [-0.2, 0) is 19.0 Å². The number of rotatable bonds is 8. The molecule has 0 saturated carbocycles. The summed E-state index contributed by atoms with van der Waals surface area (Å²) in [4.78, 5) is 14.0. The summed E-state index contributed by atoms with van der Waals surface area (Å²) < 4.78 is 15.5. The van der Waals surface area contributed by atoms with Gasteiger partial charge in [0.15, 0.2) is 0 Å². The average Bonchev–Trinajstić information content (AvgIpc) is 2.26. The Kier molecular flexibility index (Phi) is 8.15. The van der Waals surface area contributed by atoms with Crippen molar-refractivity contribution < 1.29 is 19.0 Å². The summed E-state index contributed by atoms with van der Waals surface area (Å²) in [5, 5.41) is 0. The van der Waals surface area contributed by atoms with E-state index in [-0.39, 0.29) is 12.0 Å². The first-order valence-electron chi connectivity index (χ1n) is 6.26. The molecule has 0 bridgehead atoms. The molecule has 5 nitrogen and oxygen atoms in total. The number of hydrogen-bond acceptors (Lipinski definition) is 5. The standard InChI is InChI=1S/C13H27NO4/c1-11(12(15)18-13(2,3)4)14(7-9-16-5)8-10-17-6/h11H,7-10H2,1-6H3. The second kappa shape index (κ2) is 8.45. The SMILES string of the molecule is COCCN(CCOC)C(C)C(=O)OC(C)(C)C.